The van der Waals surface area contributed by atoms with Crippen molar-refractivity contribution < 1.29 is 24.2 Å². The van der Waals surface area contributed by atoms with E-state index in [1.807, 2.05) is 25.1 Å². The first kappa shape index (κ1) is 17.1. The lowest BCUT2D eigenvalue weighted by Crippen LogP contribution is -2.46. The summed E-state index contributed by atoms with van der Waals surface area (Å²) in [5, 5.41) is 11.8. The summed E-state index contributed by atoms with van der Waals surface area (Å²) in [4.78, 5) is 23.6. The predicted molar refractivity (Wildman–Crippen MR) is 84.8 cm³/mol. The molecule has 1 amide bonds. The predicted octanol–water partition coefficient (Wildman–Crippen LogP) is 2.01. The number of fused-ring (bicyclic) bond motifs is 1. The zero-order chi connectivity index (χ0) is 16.8. The summed E-state index contributed by atoms with van der Waals surface area (Å²) < 4.78 is 10.8. The van der Waals surface area contributed by atoms with Crippen molar-refractivity contribution in [3.63, 3.8) is 0 Å². The van der Waals surface area contributed by atoms with E-state index >= 15 is 0 Å². The Balaban J connectivity index is 2.01. The van der Waals surface area contributed by atoms with Gasteiger partial charge in [-0.3, -0.25) is 4.79 Å². The number of aliphatic carboxylic acids is 1. The van der Waals surface area contributed by atoms with Gasteiger partial charge in [0.15, 0.2) is 0 Å². The number of unbranched alkanes of at least 4 members (excludes halogenated alkanes) is 1. The van der Waals surface area contributed by atoms with Crippen molar-refractivity contribution in [2.24, 2.45) is 5.92 Å². The van der Waals surface area contributed by atoms with E-state index in [1.165, 1.54) is 0 Å². The van der Waals surface area contributed by atoms with Gasteiger partial charge >= 0.3 is 5.97 Å². The van der Waals surface area contributed by atoms with Crippen molar-refractivity contribution in [2.75, 3.05) is 13.7 Å². The van der Waals surface area contributed by atoms with Crippen molar-refractivity contribution in [3.8, 4) is 11.5 Å². The number of methoxy groups -OCH3 is 1. The molecule has 126 valence electrons. The summed E-state index contributed by atoms with van der Waals surface area (Å²) in [5.41, 5.74) is 0.899. The molecular weight excluding hydrogens is 298 g/mol. The molecule has 1 aliphatic rings. The molecule has 6 heteroatoms. The Morgan fingerprint density at radius 3 is 2.91 bits per heavy atom. The van der Waals surface area contributed by atoms with E-state index in [1.54, 1.807) is 7.11 Å². The van der Waals surface area contributed by atoms with Gasteiger partial charge < -0.3 is 19.9 Å². The second-order valence-corrected chi connectivity index (χ2v) is 5.73. The molecule has 0 fully saturated rings. The Kier molecular flexibility index (Phi) is 5.84. The van der Waals surface area contributed by atoms with Gasteiger partial charge in [-0.2, -0.15) is 0 Å². The minimum absolute atomic E-state index is 0.255. The third-order valence-electron chi connectivity index (χ3n) is 4.01. The first-order valence-electron chi connectivity index (χ1n) is 7.88. The van der Waals surface area contributed by atoms with Crippen LogP contribution in [0.3, 0.4) is 0 Å². The average Bonchev–Trinajstić information content (AvgIpc) is 2.56. The number of ether oxygens (including phenoxy) is 2. The highest BCUT2D eigenvalue weighted by atomic mass is 16.5. The summed E-state index contributed by atoms with van der Waals surface area (Å²) in [6, 6.07) is 4.64. The fourth-order valence-electron chi connectivity index (χ4n) is 2.62. The summed E-state index contributed by atoms with van der Waals surface area (Å²) in [7, 11) is 1.58. The van der Waals surface area contributed by atoms with Gasteiger partial charge in [-0.15, -0.1) is 0 Å². The maximum atomic E-state index is 12.4. The van der Waals surface area contributed by atoms with E-state index < -0.39 is 17.9 Å². The number of carbonyl (C=O) groups excluding carboxylic acids is 1. The van der Waals surface area contributed by atoms with Crippen molar-refractivity contribution in [1.29, 1.82) is 0 Å². The smallest absolute Gasteiger partial charge is 0.326 e. The zero-order valence-electron chi connectivity index (χ0n) is 13.5. The average molecular weight is 321 g/mol. The number of rotatable bonds is 7. The van der Waals surface area contributed by atoms with Crippen LogP contribution in [-0.2, 0) is 16.0 Å². The lowest BCUT2D eigenvalue weighted by atomic mass is 9.95. The van der Waals surface area contributed by atoms with Gasteiger partial charge in [0.2, 0.25) is 5.91 Å². The molecule has 0 aromatic heterocycles. The van der Waals surface area contributed by atoms with Gasteiger partial charge in [0.1, 0.15) is 24.1 Å². The maximum absolute atomic E-state index is 12.4. The quantitative estimate of drug-likeness (QED) is 0.802. The molecule has 0 aliphatic carbocycles. The number of amides is 1. The van der Waals surface area contributed by atoms with Crippen molar-refractivity contribution in [3.05, 3.63) is 23.8 Å². The van der Waals surface area contributed by atoms with Crippen LogP contribution in [0.25, 0.3) is 0 Å². The Morgan fingerprint density at radius 1 is 1.48 bits per heavy atom. The van der Waals surface area contributed by atoms with Gasteiger partial charge in [-0.1, -0.05) is 19.8 Å². The molecule has 0 spiro atoms. The third kappa shape index (κ3) is 4.37. The Hall–Kier alpha value is -2.24. The van der Waals surface area contributed by atoms with Crippen LogP contribution in [-0.4, -0.2) is 36.7 Å². The monoisotopic (exact) mass is 321 g/mol. The largest absolute Gasteiger partial charge is 0.497 e. The molecule has 1 aromatic carbocycles. The molecule has 0 radical (unpaired) electrons. The van der Waals surface area contributed by atoms with Gasteiger partial charge in [0.05, 0.1) is 13.0 Å². The van der Waals surface area contributed by atoms with Gasteiger partial charge in [-0.25, -0.2) is 4.79 Å². The van der Waals surface area contributed by atoms with Crippen LogP contribution < -0.4 is 14.8 Å². The number of hydrogen-bond donors (Lipinski definition) is 2. The van der Waals surface area contributed by atoms with Crippen LogP contribution >= 0.6 is 0 Å². The highest BCUT2D eigenvalue weighted by Crippen LogP contribution is 2.30. The van der Waals surface area contributed by atoms with Crippen LogP contribution in [0.4, 0.5) is 0 Å². The summed E-state index contributed by atoms with van der Waals surface area (Å²) in [6.45, 7) is 2.24. The van der Waals surface area contributed by atoms with E-state index in [0.717, 1.165) is 24.2 Å². The highest BCUT2D eigenvalue weighted by molar-refractivity contribution is 5.85. The van der Waals surface area contributed by atoms with Gasteiger partial charge in [0.25, 0.3) is 0 Å². The minimum atomic E-state index is -0.995. The fourth-order valence-corrected chi connectivity index (χ4v) is 2.62. The van der Waals surface area contributed by atoms with Gasteiger partial charge in [0, 0.05) is 0 Å². The standard InChI is InChI=1S/C17H23NO5/c1-3-4-5-14(17(20)21)18-16(19)12-8-11-9-13(22-2)6-7-15(11)23-10-12/h6-7,9,12,14H,3-5,8,10H2,1-2H3,(H,18,19)(H,20,21). The highest BCUT2D eigenvalue weighted by Gasteiger charge is 2.29. The van der Waals surface area contributed by atoms with E-state index in [0.29, 0.717) is 18.6 Å². The minimum Gasteiger partial charge on any atom is -0.497 e. The van der Waals surface area contributed by atoms with E-state index in [4.69, 9.17) is 9.47 Å². The second-order valence-electron chi connectivity index (χ2n) is 5.73. The fraction of sp³-hybridized carbons (Fsp3) is 0.529. The van der Waals surface area contributed by atoms with Gasteiger partial charge in [-0.05, 0) is 36.6 Å². The molecule has 2 unspecified atom stereocenters. The normalized spacial score (nSPS) is 17.6. The number of hydrogen-bond acceptors (Lipinski definition) is 4. The van der Waals surface area contributed by atoms with E-state index in [2.05, 4.69) is 5.32 Å². The lowest BCUT2D eigenvalue weighted by Gasteiger charge is -2.26. The van der Waals surface area contributed by atoms with Crippen LogP contribution in [0.15, 0.2) is 18.2 Å². The number of benzene rings is 1. The Labute approximate surface area is 135 Å². The molecule has 6 nitrogen and oxygen atoms in total. The number of carboxylic acid groups (broad SMARTS) is 1. The van der Waals surface area contributed by atoms with Crippen LogP contribution in [0.5, 0.6) is 11.5 Å². The molecule has 1 heterocycles. The summed E-state index contributed by atoms with van der Waals surface area (Å²) >= 11 is 0. The molecule has 1 aromatic rings. The van der Waals surface area contributed by atoms with Crippen molar-refractivity contribution >= 4 is 11.9 Å². The molecule has 0 bridgehead atoms. The van der Waals surface area contributed by atoms with Crippen LogP contribution in [0.1, 0.15) is 31.7 Å². The molecule has 2 N–H and O–H groups in total. The second kappa shape index (κ2) is 7.85. The molecular formula is C17H23NO5. The first-order chi connectivity index (χ1) is 11.0. The maximum Gasteiger partial charge on any atom is 0.326 e. The summed E-state index contributed by atoms with van der Waals surface area (Å²) in [5.74, 6) is -0.207. The van der Waals surface area contributed by atoms with Crippen molar-refractivity contribution in [1.82, 2.24) is 5.32 Å². The molecule has 2 rings (SSSR count). The molecule has 1 aliphatic heterocycles. The van der Waals surface area contributed by atoms with Crippen LogP contribution in [0, 0.1) is 5.92 Å². The number of nitrogens with one attached hydrogen (secondary N) is 1. The first-order valence-corrected chi connectivity index (χ1v) is 7.88. The molecule has 23 heavy (non-hydrogen) atoms. The number of carbonyl (C=O) groups is 2. The van der Waals surface area contributed by atoms with E-state index in [-0.39, 0.29) is 12.5 Å². The van der Waals surface area contributed by atoms with Crippen molar-refractivity contribution in [2.45, 2.75) is 38.6 Å². The number of carboxylic acids is 1. The SMILES string of the molecule is CCCCC(NC(=O)C1COc2ccc(OC)cc2C1)C(=O)O. The zero-order valence-corrected chi connectivity index (χ0v) is 13.5. The Bertz CT molecular complexity index is 572. The van der Waals surface area contributed by atoms with E-state index in [9.17, 15) is 14.7 Å². The molecule has 2 atom stereocenters. The summed E-state index contributed by atoms with van der Waals surface area (Å²) in [6.07, 6.45) is 2.60. The Morgan fingerprint density at radius 2 is 2.26 bits per heavy atom. The molecule has 0 saturated heterocycles. The molecule has 0 saturated carbocycles. The lowest BCUT2D eigenvalue weighted by molar-refractivity contribution is -0.143. The topological polar surface area (TPSA) is 84.9 Å². The van der Waals surface area contributed by atoms with Crippen LogP contribution in [0.2, 0.25) is 0 Å². The third-order valence-corrected chi connectivity index (χ3v) is 4.01.